The fraction of sp³-hybridized carbons (Fsp3) is 0.400. The van der Waals surface area contributed by atoms with Crippen LogP contribution in [0.2, 0.25) is 0 Å². The molecule has 3 heterocycles. The fourth-order valence-electron chi connectivity index (χ4n) is 5.39. The number of rotatable bonds is 10. The molecule has 0 aliphatic carbocycles. The van der Waals surface area contributed by atoms with Crippen molar-refractivity contribution in [3.63, 3.8) is 0 Å². The lowest BCUT2D eigenvalue weighted by Crippen LogP contribution is -2.38. The highest BCUT2D eigenvalue weighted by atomic mass is 19.1. The molecule has 39 heavy (non-hydrogen) atoms. The minimum atomic E-state index is -0.831. The van der Waals surface area contributed by atoms with E-state index in [1.54, 1.807) is 24.5 Å². The Hall–Kier alpha value is -4.01. The second kappa shape index (κ2) is 12.2. The number of aliphatic carboxylic acids is 1. The molecule has 2 saturated heterocycles. The summed E-state index contributed by atoms with van der Waals surface area (Å²) >= 11 is 0. The summed E-state index contributed by atoms with van der Waals surface area (Å²) in [5.74, 6) is 1.04. The lowest BCUT2D eigenvalue weighted by atomic mass is 10.1. The van der Waals surface area contributed by atoms with Gasteiger partial charge in [0, 0.05) is 56.3 Å². The van der Waals surface area contributed by atoms with Gasteiger partial charge in [-0.15, -0.1) is 0 Å². The molecule has 3 aromatic rings. The number of benzene rings is 2. The normalized spacial score (nSPS) is 19.6. The van der Waals surface area contributed by atoms with Gasteiger partial charge in [0.05, 0.1) is 31.5 Å². The van der Waals surface area contributed by atoms with E-state index in [1.807, 2.05) is 48.2 Å². The third-order valence-corrected chi connectivity index (χ3v) is 7.21. The van der Waals surface area contributed by atoms with E-state index in [1.165, 1.54) is 6.07 Å². The smallest absolute Gasteiger partial charge is 0.305 e. The molecule has 0 unspecified atom stereocenters. The molecule has 2 aliphatic rings. The molecule has 2 aromatic carbocycles. The summed E-state index contributed by atoms with van der Waals surface area (Å²) in [5.41, 5.74) is 1.50. The Bertz CT molecular complexity index is 1240. The second-order valence-corrected chi connectivity index (χ2v) is 9.91. The molecule has 0 spiro atoms. The van der Waals surface area contributed by atoms with Crippen LogP contribution in [-0.4, -0.2) is 60.6 Å². The van der Waals surface area contributed by atoms with Gasteiger partial charge in [-0.05, 0) is 55.5 Å². The minimum Gasteiger partial charge on any atom is -0.494 e. The van der Waals surface area contributed by atoms with E-state index >= 15 is 0 Å². The van der Waals surface area contributed by atoms with Gasteiger partial charge in [0.2, 0.25) is 0 Å². The van der Waals surface area contributed by atoms with E-state index in [2.05, 4.69) is 9.88 Å². The summed E-state index contributed by atoms with van der Waals surface area (Å²) in [6.07, 6.45) is 5.48. The molecule has 0 bridgehead atoms. The molecule has 1 N–H and O–H groups in total. The van der Waals surface area contributed by atoms with Crippen molar-refractivity contribution in [2.75, 3.05) is 36.0 Å². The third kappa shape index (κ3) is 6.71. The third-order valence-electron chi connectivity index (χ3n) is 7.21. The van der Waals surface area contributed by atoms with E-state index in [4.69, 9.17) is 14.2 Å². The Balaban J connectivity index is 1.18. The van der Waals surface area contributed by atoms with Crippen molar-refractivity contribution in [3.8, 4) is 17.2 Å². The zero-order valence-corrected chi connectivity index (χ0v) is 22.0. The maximum Gasteiger partial charge on any atom is 0.305 e. The average Bonchev–Trinajstić information content (AvgIpc) is 3.32. The molecule has 2 atom stereocenters. The zero-order valence-electron chi connectivity index (χ0n) is 22.0. The maximum atomic E-state index is 14.5. The first kappa shape index (κ1) is 26.6. The minimum absolute atomic E-state index is 0.0362. The molecule has 206 valence electrons. The first-order valence-corrected chi connectivity index (χ1v) is 13.5. The lowest BCUT2D eigenvalue weighted by molar-refractivity contribution is -0.137. The molecule has 1 aromatic heterocycles. The Morgan fingerprint density at radius 3 is 2.46 bits per heavy atom. The SMILES string of the molecule is CCOc1ccc(F)c(N2CCC(Oc3ccc(N4C[C@H](Oc5cccnc5)C[C@@H]4CC(=O)O)cc3)CC2)c1. The summed E-state index contributed by atoms with van der Waals surface area (Å²) in [5, 5.41) is 9.46. The first-order valence-electron chi connectivity index (χ1n) is 13.5. The van der Waals surface area contributed by atoms with Crippen LogP contribution < -0.4 is 24.0 Å². The van der Waals surface area contributed by atoms with E-state index in [0.717, 1.165) is 24.3 Å². The standard InChI is InChI=1S/C30H34FN3O5/c1-2-37-25-9-10-28(31)29(18-25)33-14-11-24(12-15-33)38-23-7-5-21(6-8-23)34-20-27(16-22(34)17-30(35)36)39-26-4-3-13-32-19-26/h3-10,13,18-19,22,24,27H,2,11-12,14-17,20H2,1H3,(H,35,36)/t22-,27-/m1/s1. The number of hydrogen-bond acceptors (Lipinski definition) is 7. The van der Waals surface area contributed by atoms with Crippen LogP contribution in [-0.2, 0) is 4.79 Å². The monoisotopic (exact) mass is 535 g/mol. The van der Waals surface area contributed by atoms with Crippen molar-refractivity contribution in [1.82, 2.24) is 4.98 Å². The number of pyridine rings is 1. The highest BCUT2D eigenvalue weighted by Crippen LogP contribution is 2.32. The lowest BCUT2D eigenvalue weighted by Gasteiger charge is -2.34. The van der Waals surface area contributed by atoms with Crippen LogP contribution in [0.25, 0.3) is 0 Å². The van der Waals surface area contributed by atoms with E-state index in [9.17, 15) is 14.3 Å². The van der Waals surface area contributed by atoms with Crippen molar-refractivity contribution in [2.45, 2.75) is 50.9 Å². The molecule has 0 saturated carbocycles. The van der Waals surface area contributed by atoms with Gasteiger partial charge in [-0.3, -0.25) is 9.78 Å². The molecular weight excluding hydrogens is 501 g/mol. The Morgan fingerprint density at radius 1 is 1.03 bits per heavy atom. The largest absolute Gasteiger partial charge is 0.494 e. The second-order valence-electron chi connectivity index (χ2n) is 9.91. The highest BCUT2D eigenvalue weighted by molar-refractivity contribution is 5.69. The summed E-state index contributed by atoms with van der Waals surface area (Å²) in [7, 11) is 0. The number of hydrogen-bond donors (Lipinski definition) is 1. The Kier molecular flexibility index (Phi) is 8.34. The molecule has 2 fully saturated rings. The van der Waals surface area contributed by atoms with Crippen LogP contribution in [0.1, 0.15) is 32.6 Å². The van der Waals surface area contributed by atoms with E-state index < -0.39 is 5.97 Å². The summed E-state index contributed by atoms with van der Waals surface area (Å²) < 4.78 is 32.3. The zero-order chi connectivity index (χ0) is 27.2. The van der Waals surface area contributed by atoms with Gasteiger partial charge in [-0.1, -0.05) is 0 Å². The van der Waals surface area contributed by atoms with Crippen molar-refractivity contribution in [3.05, 3.63) is 72.8 Å². The molecule has 0 amide bonds. The molecule has 2 aliphatic heterocycles. The van der Waals surface area contributed by atoms with Crippen LogP contribution in [0, 0.1) is 5.82 Å². The van der Waals surface area contributed by atoms with Gasteiger partial charge in [0.25, 0.3) is 0 Å². The molecule has 8 nitrogen and oxygen atoms in total. The van der Waals surface area contributed by atoms with Crippen molar-refractivity contribution in [2.24, 2.45) is 0 Å². The van der Waals surface area contributed by atoms with Gasteiger partial charge in [0.1, 0.15) is 35.3 Å². The molecule has 0 radical (unpaired) electrons. The molecule has 5 rings (SSSR count). The number of ether oxygens (including phenoxy) is 3. The van der Waals surface area contributed by atoms with Crippen molar-refractivity contribution in [1.29, 1.82) is 0 Å². The Labute approximate surface area is 227 Å². The van der Waals surface area contributed by atoms with Crippen LogP contribution >= 0.6 is 0 Å². The number of aromatic nitrogens is 1. The summed E-state index contributed by atoms with van der Waals surface area (Å²) in [6.45, 7) is 4.42. The number of carbonyl (C=O) groups is 1. The predicted molar refractivity (Wildman–Crippen MR) is 147 cm³/mol. The van der Waals surface area contributed by atoms with Crippen LogP contribution in [0.3, 0.4) is 0 Å². The van der Waals surface area contributed by atoms with Gasteiger partial charge >= 0.3 is 5.97 Å². The van der Waals surface area contributed by atoms with Gasteiger partial charge < -0.3 is 29.1 Å². The summed E-state index contributed by atoms with van der Waals surface area (Å²) in [4.78, 5) is 19.8. The van der Waals surface area contributed by atoms with Gasteiger partial charge in [0.15, 0.2) is 0 Å². The quantitative estimate of drug-likeness (QED) is 0.381. The van der Waals surface area contributed by atoms with Crippen molar-refractivity contribution >= 4 is 17.3 Å². The van der Waals surface area contributed by atoms with Gasteiger partial charge in [-0.25, -0.2) is 4.39 Å². The number of halogens is 1. The summed E-state index contributed by atoms with van der Waals surface area (Å²) in [6, 6.07) is 16.2. The molecule has 9 heteroatoms. The van der Waals surface area contributed by atoms with Crippen LogP contribution in [0.4, 0.5) is 15.8 Å². The topological polar surface area (TPSA) is 84.4 Å². The number of carboxylic acids is 1. The van der Waals surface area contributed by atoms with E-state index in [0.29, 0.717) is 49.8 Å². The number of carboxylic acid groups (broad SMARTS) is 1. The fourth-order valence-corrected chi connectivity index (χ4v) is 5.39. The predicted octanol–water partition coefficient (Wildman–Crippen LogP) is 5.17. The average molecular weight is 536 g/mol. The maximum absolute atomic E-state index is 14.5. The van der Waals surface area contributed by atoms with Crippen LogP contribution in [0.5, 0.6) is 17.2 Å². The number of piperidine rings is 1. The number of nitrogens with zero attached hydrogens (tertiary/aromatic N) is 3. The van der Waals surface area contributed by atoms with Gasteiger partial charge in [-0.2, -0.15) is 0 Å². The van der Waals surface area contributed by atoms with Crippen molar-refractivity contribution < 1.29 is 28.5 Å². The van der Waals surface area contributed by atoms with Crippen LogP contribution in [0.15, 0.2) is 67.0 Å². The Morgan fingerprint density at radius 2 is 1.77 bits per heavy atom. The first-order chi connectivity index (χ1) is 19.0. The highest BCUT2D eigenvalue weighted by Gasteiger charge is 2.35. The van der Waals surface area contributed by atoms with E-state index in [-0.39, 0.29) is 30.5 Å². The number of anilines is 2. The molecular formula is C30H34FN3O5.